The van der Waals surface area contributed by atoms with Crippen LogP contribution in [0.5, 0.6) is 0 Å². The zero-order chi connectivity index (χ0) is 18.3. The molecule has 1 saturated heterocycles. The molecule has 2 aromatic carbocycles. The first kappa shape index (κ1) is 17.1. The summed E-state index contributed by atoms with van der Waals surface area (Å²) in [6, 6.07) is 13.6. The highest BCUT2D eigenvalue weighted by atomic mass is 32.2. The van der Waals surface area contributed by atoms with E-state index in [4.69, 9.17) is 0 Å². The molecule has 0 aromatic heterocycles. The van der Waals surface area contributed by atoms with Crippen molar-refractivity contribution in [3.63, 3.8) is 0 Å². The molecule has 6 heteroatoms. The number of hydrogen-bond donors (Lipinski definition) is 0. The van der Waals surface area contributed by atoms with Gasteiger partial charge in [0.25, 0.3) is 0 Å². The molecule has 4 rings (SSSR count). The van der Waals surface area contributed by atoms with Gasteiger partial charge in [-0.2, -0.15) is 0 Å². The van der Waals surface area contributed by atoms with Crippen molar-refractivity contribution in [2.45, 2.75) is 35.2 Å². The lowest BCUT2D eigenvalue weighted by Gasteiger charge is -2.31. The number of hydrogen-bond acceptors (Lipinski definition) is 4. The number of carbonyl (C=O) groups is 1. The van der Waals surface area contributed by atoms with Gasteiger partial charge in [-0.3, -0.25) is 9.69 Å². The number of fused-ring (bicyclic) bond motifs is 2. The third-order valence-electron chi connectivity index (χ3n) is 5.13. The maximum Gasteiger partial charge on any atom is 0.183 e. The lowest BCUT2D eigenvalue weighted by atomic mass is 10.1. The molecule has 0 amide bonds. The molecule has 1 fully saturated rings. The maximum absolute atomic E-state index is 13.5. The minimum absolute atomic E-state index is 0.0941. The van der Waals surface area contributed by atoms with Gasteiger partial charge in [0.15, 0.2) is 15.6 Å². The van der Waals surface area contributed by atoms with Crippen molar-refractivity contribution in [1.29, 1.82) is 0 Å². The van der Waals surface area contributed by atoms with Gasteiger partial charge in [-0.1, -0.05) is 36.4 Å². The predicted octanol–water partition coefficient (Wildman–Crippen LogP) is 2.75. The standard InChI is InChI=1S/C20H18FNO3S/c21-15-6-4-5-14(11-15)13-22-17-9-10-19(23)18(22)12-20(17)26(24,25)16-7-2-1-3-8-16/h1-11,17-18,20H,12-13H2/t17-,18+,20+/m0/s1. The fraction of sp³-hybridized carbons (Fsp3) is 0.250. The first-order chi connectivity index (χ1) is 12.5. The van der Waals surface area contributed by atoms with Crippen LogP contribution in [0.25, 0.3) is 0 Å². The quantitative estimate of drug-likeness (QED) is 0.829. The minimum Gasteiger partial charge on any atom is -0.293 e. The highest BCUT2D eigenvalue weighted by Crippen LogP contribution is 2.37. The van der Waals surface area contributed by atoms with Gasteiger partial charge in [0.2, 0.25) is 0 Å². The molecule has 2 heterocycles. The van der Waals surface area contributed by atoms with Gasteiger partial charge in [0, 0.05) is 12.6 Å². The van der Waals surface area contributed by atoms with Gasteiger partial charge in [-0.05, 0) is 42.3 Å². The first-order valence-corrected chi connectivity index (χ1v) is 10.0. The van der Waals surface area contributed by atoms with Crippen molar-refractivity contribution >= 4 is 15.6 Å². The van der Waals surface area contributed by atoms with Crippen molar-refractivity contribution in [3.8, 4) is 0 Å². The second kappa shape index (κ2) is 6.45. The number of carbonyl (C=O) groups excluding carboxylic acids is 1. The summed E-state index contributed by atoms with van der Waals surface area (Å²) >= 11 is 0. The van der Waals surface area contributed by atoms with E-state index in [1.807, 2.05) is 4.90 Å². The summed E-state index contributed by atoms with van der Waals surface area (Å²) in [6.07, 6.45) is 3.41. The number of ketones is 1. The minimum atomic E-state index is -3.57. The molecule has 0 aliphatic carbocycles. The van der Waals surface area contributed by atoms with Gasteiger partial charge >= 0.3 is 0 Å². The number of nitrogens with zero attached hydrogens (tertiary/aromatic N) is 1. The Hall–Kier alpha value is -2.31. The lowest BCUT2D eigenvalue weighted by molar-refractivity contribution is -0.119. The van der Waals surface area contributed by atoms with E-state index in [-0.39, 0.29) is 22.9 Å². The summed E-state index contributed by atoms with van der Waals surface area (Å²) < 4.78 is 39.7. The van der Waals surface area contributed by atoms with Crippen LogP contribution in [0.4, 0.5) is 4.39 Å². The normalized spacial score (nSPS) is 25.6. The van der Waals surface area contributed by atoms with Crippen LogP contribution in [-0.4, -0.2) is 36.4 Å². The van der Waals surface area contributed by atoms with E-state index in [0.717, 1.165) is 5.56 Å². The Labute approximate surface area is 151 Å². The highest BCUT2D eigenvalue weighted by Gasteiger charge is 2.50. The molecule has 2 bridgehead atoms. The molecule has 4 nitrogen and oxygen atoms in total. The Kier molecular flexibility index (Phi) is 4.25. The van der Waals surface area contributed by atoms with Crippen LogP contribution in [-0.2, 0) is 21.2 Å². The summed E-state index contributed by atoms with van der Waals surface area (Å²) in [6.45, 7) is 0.337. The van der Waals surface area contributed by atoms with Crippen LogP contribution in [0.15, 0.2) is 71.6 Å². The van der Waals surface area contributed by atoms with E-state index in [0.29, 0.717) is 6.54 Å². The molecule has 2 aliphatic heterocycles. The van der Waals surface area contributed by atoms with Gasteiger partial charge in [-0.15, -0.1) is 0 Å². The Balaban J connectivity index is 1.68. The number of benzene rings is 2. The molecular weight excluding hydrogens is 353 g/mol. The topological polar surface area (TPSA) is 54.5 Å². The molecule has 0 N–H and O–H groups in total. The highest BCUT2D eigenvalue weighted by molar-refractivity contribution is 7.92. The van der Waals surface area contributed by atoms with Crippen molar-refractivity contribution < 1.29 is 17.6 Å². The van der Waals surface area contributed by atoms with E-state index < -0.39 is 27.2 Å². The molecule has 134 valence electrons. The molecule has 3 atom stereocenters. The zero-order valence-electron chi connectivity index (χ0n) is 14.0. The lowest BCUT2D eigenvalue weighted by Crippen LogP contribution is -2.44. The van der Waals surface area contributed by atoms with E-state index in [2.05, 4.69) is 0 Å². The van der Waals surface area contributed by atoms with Crippen LogP contribution in [0.3, 0.4) is 0 Å². The fourth-order valence-corrected chi connectivity index (χ4v) is 5.83. The molecular formula is C20H18FNO3S. The average molecular weight is 371 g/mol. The monoisotopic (exact) mass is 371 g/mol. The third-order valence-corrected chi connectivity index (χ3v) is 7.33. The molecule has 0 unspecified atom stereocenters. The summed E-state index contributed by atoms with van der Waals surface area (Å²) in [5.74, 6) is -0.439. The average Bonchev–Trinajstić information content (AvgIpc) is 2.89. The molecule has 0 spiro atoms. The van der Waals surface area contributed by atoms with Crippen molar-refractivity contribution in [1.82, 2.24) is 4.90 Å². The maximum atomic E-state index is 13.5. The molecule has 2 aliphatic rings. The van der Waals surface area contributed by atoms with Crippen LogP contribution in [0.2, 0.25) is 0 Å². The fourth-order valence-electron chi connectivity index (χ4n) is 3.89. The van der Waals surface area contributed by atoms with E-state index in [1.165, 1.54) is 18.2 Å². The summed E-state index contributed by atoms with van der Waals surface area (Å²) in [7, 11) is -3.57. The van der Waals surface area contributed by atoms with Crippen molar-refractivity contribution in [3.05, 3.63) is 78.1 Å². The molecule has 26 heavy (non-hydrogen) atoms. The summed E-state index contributed by atoms with van der Waals surface area (Å²) in [4.78, 5) is 14.5. The Morgan fingerprint density at radius 1 is 1.08 bits per heavy atom. The van der Waals surface area contributed by atoms with E-state index in [1.54, 1.807) is 48.5 Å². The van der Waals surface area contributed by atoms with Crippen LogP contribution < -0.4 is 0 Å². The number of halogens is 1. The molecule has 0 saturated carbocycles. The van der Waals surface area contributed by atoms with Gasteiger partial charge < -0.3 is 0 Å². The second-order valence-corrected chi connectivity index (χ2v) is 8.87. The van der Waals surface area contributed by atoms with Crippen LogP contribution >= 0.6 is 0 Å². The Bertz CT molecular complexity index is 972. The van der Waals surface area contributed by atoms with Gasteiger partial charge in [0.05, 0.1) is 16.2 Å². The predicted molar refractivity (Wildman–Crippen MR) is 95.7 cm³/mol. The third kappa shape index (κ3) is 2.89. The Morgan fingerprint density at radius 2 is 1.85 bits per heavy atom. The summed E-state index contributed by atoms with van der Waals surface area (Å²) in [5.41, 5.74) is 0.723. The molecule has 2 aromatic rings. The SMILES string of the molecule is O=C1C=C[C@H]2[C@H](S(=O)(=O)c3ccccc3)C[C@H]1N2Cc1cccc(F)c1. The zero-order valence-corrected chi connectivity index (χ0v) is 14.8. The smallest absolute Gasteiger partial charge is 0.183 e. The first-order valence-electron chi connectivity index (χ1n) is 8.48. The Morgan fingerprint density at radius 3 is 2.58 bits per heavy atom. The van der Waals surface area contributed by atoms with Gasteiger partial charge in [-0.25, -0.2) is 12.8 Å². The van der Waals surface area contributed by atoms with Crippen molar-refractivity contribution in [2.75, 3.05) is 0 Å². The number of rotatable bonds is 4. The van der Waals surface area contributed by atoms with Crippen LogP contribution in [0, 0.1) is 5.82 Å². The van der Waals surface area contributed by atoms with Gasteiger partial charge in [0.1, 0.15) is 5.82 Å². The van der Waals surface area contributed by atoms with E-state index >= 15 is 0 Å². The second-order valence-electron chi connectivity index (χ2n) is 6.70. The van der Waals surface area contributed by atoms with Crippen molar-refractivity contribution in [2.24, 2.45) is 0 Å². The number of sulfone groups is 1. The molecule has 0 radical (unpaired) electrons. The largest absolute Gasteiger partial charge is 0.293 e. The van der Waals surface area contributed by atoms with Crippen LogP contribution in [0.1, 0.15) is 12.0 Å². The summed E-state index contributed by atoms with van der Waals surface area (Å²) in [5, 5.41) is -0.689. The van der Waals surface area contributed by atoms with E-state index in [9.17, 15) is 17.6 Å².